The van der Waals surface area contributed by atoms with Gasteiger partial charge in [-0.3, -0.25) is 18.9 Å². The van der Waals surface area contributed by atoms with Crippen LogP contribution in [-0.2, 0) is 24.5 Å². The number of carboxylic acid groups (broad SMARTS) is 3. The van der Waals surface area contributed by atoms with Crippen molar-refractivity contribution in [1.82, 2.24) is 0 Å². The zero-order valence-corrected chi connectivity index (χ0v) is 14.8. The summed E-state index contributed by atoms with van der Waals surface area (Å²) in [6.07, 6.45) is 8.98. The molecule has 0 bridgehead atoms. The highest BCUT2D eigenvalue weighted by molar-refractivity contribution is 7.87. The molecule has 0 saturated heterocycles. The van der Waals surface area contributed by atoms with Gasteiger partial charge in [0, 0.05) is 6.42 Å². The van der Waals surface area contributed by atoms with Crippen molar-refractivity contribution in [3.05, 3.63) is 12.7 Å². The Morgan fingerprint density at radius 2 is 1.36 bits per heavy atom. The van der Waals surface area contributed by atoms with Gasteiger partial charge in [0.2, 0.25) is 0 Å². The van der Waals surface area contributed by atoms with Crippen LogP contribution in [0.5, 0.6) is 0 Å². The SMILES string of the molecule is C=CCCCCCCCCC(=O)O.O=C(O)CC(C(=O)O)S(=O)(=O)O. The van der Waals surface area contributed by atoms with Crippen molar-refractivity contribution in [2.45, 2.75) is 63.0 Å². The van der Waals surface area contributed by atoms with Gasteiger partial charge in [0.1, 0.15) is 0 Å². The van der Waals surface area contributed by atoms with Crippen LogP contribution in [-0.4, -0.2) is 51.4 Å². The molecule has 0 fully saturated rings. The second kappa shape index (κ2) is 14.4. The van der Waals surface area contributed by atoms with Gasteiger partial charge in [-0.05, 0) is 19.3 Å². The lowest BCUT2D eigenvalue weighted by atomic mass is 10.1. The second-order valence-corrected chi connectivity index (χ2v) is 6.88. The lowest BCUT2D eigenvalue weighted by Gasteiger charge is -2.04. The zero-order chi connectivity index (χ0) is 19.9. The van der Waals surface area contributed by atoms with Crippen LogP contribution in [0.4, 0.5) is 0 Å². The molecule has 0 radical (unpaired) electrons. The van der Waals surface area contributed by atoms with Gasteiger partial charge in [0.05, 0.1) is 6.42 Å². The fourth-order valence-corrected chi connectivity index (χ4v) is 2.36. The van der Waals surface area contributed by atoms with Crippen LogP contribution in [0.1, 0.15) is 57.8 Å². The van der Waals surface area contributed by atoms with Crippen LogP contribution in [0, 0.1) is 0 Å². The van der Waals surface area contributed by atoms with E-state index >= 15 is 0 Å². The van der Waals surface area contributed by atoms with E-state index in [4.69, 9.17) is 19.9 Å². The molecule has 0 aliphatic rings. The molecule has 0 aromatic heterocycles. The summed E-state index contributed by atoms with van der Waals surface area (Å²) in [6.45, 7) is 3.66. The summed E-state index contributed by atoms with van der Waals surface area (Å²) in [5.74, 6) is -4.17. The smallest absolute Gasteiger partial charge is 0.325 e. The number of carboxylic acids is 3. The van der Waals surface area contributed by atoms with Crippen LogP contribution in [0.25, 0.3) is 0 Å². The molecule has 0 aromatic rings. The number of allylic oxidation sites excluding steroid dienone is 1. The third-order valence-electron chi connectivity index (χ3n) is 3.04. The minimum atomic E-state index is -4.84. The molecule has 25 heavy (non-hydrogen) atoms. The van der Waals surface area contributed by atoms with E-state index < -0.39 is 39.7 Å². The number of hydrogen-bond acceptors (Lipinski definition) is 5. The number of rotatable bonds is 13. The summed E-state index contributed by atoms with van der Waals surface area (Å²) in [7, 11) is -4.84. The van der Waals surface area contributed by atoms with Gasteiger partial charge in [-0.15, -0.1) is 6.58 Å². The summed E-state index contributed by atoms with van der Waals surface area (Å²) < 4.78 is 28.7. The molecule has 0 saturated carbocycles. The molecule has 9 nitrogen and oxygen atoms in total. The van der Waals surface area contributed by atoms with Crippen LogP contribution in [0.15, 0.2) is 12.7 Å². The average Bonchev–Trinajstić information content (AvgIpc) is 2.46. The molecule has 0 aliphatic carbocycles. The first-order valence-electron chi connectivity index (χ1n) is 7.76. The summed E-state index contributed by atoms with van der Waals surface area (Å²) in [5.41, 5.74) is 0. The molecule has 1 atom stereocenters. The molecular weight excluding hydrogens is 356 g/mol. The fraction of sp³-hybridized carbons (Fsp3) is 0.667. The fourth-order valence-electron chi connectivity index (χ4n) is 1.75. The lowest BCUT2D eigenvalue weighted by Crippen LogP contribution is -2.31. The van der Waals surface area contributed by atoms with E-state index in [9.17, 15) is 22.8 Å². The van der Waals surface area contributed by atoms with Crippen molar-refractivity contribution in [3.8, 4) is 0 Å². The van der Waals surface area contributed by atoms with E-state index in [1.54, 1.807) is 0 Å². The van der Waals surface area contributed by atoms with Crippen molar-refractivity contribution < 1.29 is 42.7 Å². The first-order chi connectivity index (χ1) is 11.5. The maximum absolute atomic E-state index is 10.2. The van der Waals surface area contributed by atoms with E-state index in [0.717, 1.165) is 19.3 Å². The first kappa shape index (κ1) is 25.3. The van der Waals surface area contributed by atoms with Gasteiger partial charge in [-0.2, -0.15) is 8.42 Å². The van der Waals surface area contributed by atoms with Crippen LogP contribution in [0.3, 0.4) is 0 Å². The van der Waals surface area contributed by atoms with Gasteiger partial charge < -0.3 is 15.3 Å². The van der Waals surface area contributed by atoms with Gasteiger partial charge in [0.25, 0.3) is 10.1 Å². The van der Waals surface area contributed by atoms with Gasteiger partial charge in [-0.1, -0.05) is 31.8 Å². The molecule has 0 rings (SSSR count). The Morgan fingerprint density at radius 3 is 1.68 bits per heavy atom. The molecular formula is C15H26O9S. The third-order valence-corrected chi connectivity index (χ3v) is 4.13. The highest BCUT2D eigenvalue weighted by Crippen LogP contribution is 2.08. The Morgan fingerprint density at radius 1 is 0.880 bits per heavy atom. The molecule has 10 heteroatoms. The Bertz CT molecular complexity index is 525. The summed E-state index contributed by atoms with van der Waals surface area (Å²) in [6, 6.07) is 0. The van der Waals surface area contributed by atoms with Gasteiger partial charge in [0.15, 0.2) is 5.25 Å². The van der Waals surface area contributed by atoms with E-state index in [1.165, 1.54) is 25.7 Å². The molecule has 0 spiro atoms. The third kappa shape index (κ3) is 18.2. The van der Waals surface area contributed by atoms with Crippen molar-refractivity contribution in [3.63, 3.8) is 0 Å². The molecule has 0 heterocycles. The summed E-state index contributed by atoms with van der Waals surface area (Å²) in [4.78, 5) is 30.2. The molecule has 1 unspecified atom stereocenters. The highest BCUT2D eigenvalue weighted by Gasteiger charge is 2.33. The number of carbonyl (C=O) groups is 3. The largest absolute Gasteiger partial charge is 0.481 e. The van der Waals surface area contributed by atoms with Crippen molar-refractivity contribution in [2.24, 2.45) is 0 Å². The van der Waals surface area contributed by atoms with Crippen LogP contribution >= 0.6 is 0 Å². The van der Waals surface area contributed by atoms with E-state index in [1.807, 2.05) is 6.08 Å². The minimum absolute atomic E-state index is 0.326. The average molecular weight is 382 g/mol. The standard InChI is InChI=1S/C11H20O2.C4H6O7S/c1-2-3-4-5-6-7-8-9-10-11(12)13;5-3(6)1-2(4(7)8)12(9,10)11/h2H,1,3-10H2,(H,12,13);2H,1H2,(H,5,6)(H,7,8)(H,9,10,11). The Balaban J connectivity index is 0. The van der Waals surface area contributed by atoms with E-state index in [0.29, 0.717) is 6.42 Å². The van der Waals surface area contributed by atoms with E-state index in [-0.39, 0.29) is 0 Å². The second-order valence-electron chi connectivity index (χ2n) is 5.28. The van der Waals surface area contributed by atoms with Crippen molar-refractivity contribution in [1.29, 1.82) is 0 Å². The first-order valence-corrected chi connectivity index (χ1v) is 9.26. The normalized spacial score (nSPS) is 11.7. The molecule has 4 N–H and O–H groups in total. The molecule has 0 amide bonds. The zero-order valence-electron chi connectivity index (χ0n) is 14.0. The summed E-state index contributed by atoms with van der Waals surface area (Å²) >= 11 is 0. The Hall–Kier alpha value is -1.94. The molecule has 146 valence electrons. The van der Waals surface area contributed by atoms with E-state index in [2.05, 4.69) is 6.58 Å². The molecule has 0 aromatic carbocycles. The van der Waals surface area contributed by atoms with Crippen molar-refractivity contribution >= 4 is 28.0 Å². The summed E-state index contributed by atoms with van der Waals surface area (Å²) in [5, 5.41) is 22.3. The minimum Gasteiger partial charge on any atom is -0.481 e. The maximum atomic E-state index is 10.2. The molecule has 0 aliphatic heterocycles. The number of aliphatic carboxylic acids is 3. The Labute approximate surface area is 147 Å². The predicted molar refractivity (Wildman–Crippen MR) is 90.0 cm³/mol. The van der Waals surface area contributed by atoms with Crippen molar-refractivity contribution in [2.75, 3.05) is 0 Å². The van der Waals surface area contributed by atoms with Gasteiger partial charge in [-0.25, -0.2) is 0 Å². The highest BCUT2D eigenvalue weighted by atomic mass is 32.2. The van der Waals surface area contributed by atoms with Crippen LogP contribution in [0.2, 0.25) is 0 Å². The topological polar surface area (TPSA) is 166 Å². The number of hydrogen-bond donors (Lipinski definition) is 4. The Kier molecular flexibility index (Phi) is 14.6. The number of unbranched alkanes of at least 4 members (excludes halogenated alkanes) is 6. The maximum Gasteiger partial charge on any atom is 0.325 e. The quantitative estimate of drug-likeness (QED) is 0.212. The lowest BCUT2D eigenvalue weighted by molar-refractivity contribution is -0.143. The van der Waals surface area contributed by atoms with Gasteiger partial charge >= 0.3 is 17.9 Å². The monoisotopic (exact) mass is 382 g/mol. The van der Waals surface area contributed by atoms with Crippen LogP contribution < -0.4 is 0 Å². The predicted octanol–water partition coefficient (Wildman–Crippen LogP) is 2.18.